The first-order valence-corrected chi connectivity index (χ1v) is 5.16. The Morgan fingerprint density at radius 3 is 2.88 bits per heavy atom. The SMILES string of the molecule is O=C1OC(O)c2cccc3c(Cl)ccc1c23. The third kappa shape index (κ3) is 1.16. The van der Waals surface area contributed by atoms with Gasteiger partial charge in [0.1, 0.15) is 0 Å². The van der Waals surface area contributed by atoms with Gasteiger partial charge in [0.15, 0.2) is 0 Å². The second-order valence-electron chi connectivity index (χ2n) is 3.62. The Bertz CT molecular complexity index is 606. The fourth-order valence-corrected chi connectivity index (χ4v) is 2.22. The molecule has 1 N–H and O–H groups in total. The smallest absolute Gasteiger partial charge is 0.341 e. The molecule has 1 heterocycles. The summed E-state index contributed by atoms with van der Waals surface area (Å²) in [6.07, 6.45) is -1.21. The molecular formula is C12H7ClO3. The van der Waals surface area contributed by atoms with Crippen LogP contribution < -0.4 is 0 Å². The Labute approximate surface area is 96.2 Å². The van der Waals surface area contributed by atoms with E-state index in [1.165, 1.54) is 0 Å². The minimum atomic E-state index is -1.21. The zero-order chi connectivity index (χ0) is 11.3. The van der Waals surface area contributed by atoms with Crippen LogP contribution in [-0.2, 0) is 4.74 Å². The van der Waals surface area contributed by atoms with Crippen molar-refractivity contribution in [1.82, 2.24) is 0 Å². The molecule has 0 aliphatic carbocycles. The number of benzene rings is 2. The lowest BCUT2D eigenvalue weighted by molar-refractivity contribution is -0.0686. The van der Waals surface area contributed by atoms with Crippen molar-refractivity contribution < 1.29 is 14.6 Å². The van der Waals surface area contributed by atoms with Crippen LogP contribution in [0.2, 0.25) is 5.02 Å². The number of carbonyl (C=O) groups is 1. The molecule has 1 atom stereocenters. The quantitative estimate of drug-likeness (QED) is 0.713. The number of aliphatic hydroxyl groups excluding tert-OH is 1. The Morgan fingerprint density at radius 1 is 1.25 bits per heavy atom. The van der Waals surface area contributed by atoms with Crippen LogP contribution in [0.5, 0.6) is 0 Å². The summed E-state index contributed by atoms with van der Waals surface area (Å²) in [6, 6.07) is 8.58. The van der Waals surface area contributed by atoms with Gasteiger partial charge in [-0.3, -0.25) is 0 Å². The van der Waals surface area contributed by atoms with Crippen molar-refractivity contribution in [3.8, 4) is 0 Å². The molecular weight excluding hydrogens is 228 g/mol. The van der Waals surface area contributed by atoms with Gasteiger partial charge < -0.3 is 9.84 Å². The number of esters is 1. The Hall–Kier alpha value is -1.58. The summed E-state index contributed by atoms with van der Waals surface area (Å²) >= 11 is 6.04. The summed E-state index contributed by atoms with van der Waals surface area (Å²) < 4.78 is 4.82. The molecule has 0 bridgehead atoms. The zero-order valence-electron chi connectivity index (χ0n) is 8.11. The topological polar surface area (TPSA) is 46.5 Å². The average molecular weight is 235 g/mol. The van der Waals surface area contributed by atoms with E-state index in [9.17, 15) is 9.90 Å². The van der Waals surface area contributed by atoms with Gasteiger partial charge in [-0.2, -0.15) is 0 Å². The number of rotatable bonds is 0. The lowest BCUT2D eigenvalue weighted by Crippen LogP contribution is -2.17. The molecule has 0 radical (unpaired) electrons. The van der Waals surface area contributed by atoms with E-state index < -0.39 is 12.3 Å². The van der Waals surface area contributed by atoms with Crippen LogP contribution in [0, 0.1) is 0 Å². The van der Waals surface area contributed by atoms with E-state index in [1.54, 1.807) is 24.3 Å². The predicted octanol–water partition coefficient (Wildman–Crippen LogP) is 2.65. The van der Waals surface area contributed by atoms with Crippen molar-refractivity contribution >= 4 is 28.3 Å². The minimum Gasteiger partial charge on any atom is -0.428 e. The summed E-state index contributed by atoms with van der Waals surface area (Å²) in [4.78, 5) is 11.6. The van der Waals surface area contributed by atoms with Gasteiger partial charge in [0.25, 0.3) is 0 Å². The van der Waals surface area contributed by atoms with E-state index in [2.05, 4.69) is 0 Å². The van der Waals surface area contributed by atoms with Gasteiger partial charge in [0, 0.05) is 21.4 Å². The van der Waals surface area contributed by atoms with Crippen LogP contribution in [0.4, 0.5) is 0 Å². The van der Waals surface area contributed by atoms with Gasteiger partial charge in [-0.05, 0) is 12.1 Å². The largest absolute Gasteiger partial charge is 0.428 e. The van der Waals surface area contributed by atoms with Gasteiger partial charge >= 0.3 is 5.97 Å². The molecule has 80 valence electrons. The highest BCUT2D eigenvalue weighted by atomic mass is 35.5. The standard InChI is InChI=1S/C12H7ClO3/c13-9-5-4-8-10-6(9)2-1-3-7(10)11(14)16-12(8)15/h1-5,11,14H. The predicted molar refractivity (Wildman–Crippen MR) is 59.3 cm³/mol. The molecule has 0 aromatic heterocycles. The lowest BCUT2D eigenvalue weighted by atomic mass is 9.97. The van der Waals surface area contributed by atoms with Crippen molar-refractivity contribution in [2.45, 2.75) is 6.29 Å². The van der Waals surface area contributed by atoms with Crippen molar-refractivity contribution in [3.05, 3.63) is 46.5 Å². The third-order valence-corrected chi connectivity index (χ3v) is 3.05. The first-order chi connectivity index (χ1) is 7.68. The van der Waals surface area contributed by atoms with Gasteiger partial charge in [0.05, 0.1) is 5.56 Å². The molecule has 2 aromatic rings. The number of halogens is 1. The summed E-state index contributed by atoms with van der Waals surface area (Å²) in [5, 5.41) is 11.6. The molecule has 0 saturated heterocycles. The van der Waals surface area contributed by atoms with E-state index in [1.807, 2.05) is 6.07 Å². The van der Waals surface area contributed by atoms with Crippen molar-refractivity contribution in [2.75, 3.05) is 0 Å². The Kier molecular flexibility index (Phi) is 1.93. The molecule has 1 unspecified atom stereocenters. The van der Waals surface area contributed by atoms with E-state index in [0.29, 0.717) is 21.5 Å². The van der Waals surface area contributed by atoms with E-state index in [-0.39, 0.29) is 0 Å². The van der Waals surface area contributed by atoms with Gasteiger partial charge in [-0.25, -0.2) is 4.79 Å². The van der Waals surface area contributed by atoms with Crippen LogP contribution in [0.1, 0.15) is 22.2 Å². The number of ether oxygens (including phenoxy) is 1. The first kappa shape index (κ1) is 9.63. The fourth-order valence-electron chi connectivity index (χ4n) is 2.00. The van der Waals surface area contributed by atoms with Crippen LogP contribution >= 0.6 is 11.6 Å². The molecule has 0 spiro atoms. The lowest BCUT2D eigenvalue weighted by Gasteiger charge is -2.21. The fraction of sp³-hybridized carbons (Fsp3) is 0.0833. The molecule has 16 heavy (non-hydrogen) atoms. The van der Waals surface area contributed by atoms with Crippen molar-refractivity contribution in [2.24, 2.45) is 0 Å². The van der Waals surface area contributed by atoms with E-state index in [0.717, 1.165) is 5.39 Å². The monoisotopic (exact) mass is 234 g/mol. The maximum atomic E-state index is 11.6. The third-order valence-electron chi connectivity index (χ3n) is 2.72. The second-order valence-corrected chi connectivity index (χ2v) is 4.03. The molecule has 1 aliphatic rings. The molecule has 1 aliphatic heterocycles. The number of hydrogen-bond acceptors (Lipinski definition) is 3. The van der Waals surface area contributed by atoms with Gasteiger partial charge in [0.2, 0.25) is 6.29 Å². The number of cyclic esters (lactones) is 1. The number of aliphatic hydroxyl groups is 1. The van der Waals surface area contributed by atoms with Crippen LogP contribution in [0.15, 0.2) is 30.3 Å². The van der Waals surface area contributed by atoms with Gasteiger partial charge in [-0.1, -0.05) is 29.8 Å². The highest BCUT2D eigenvalue weighted by Gasteiger charge is 2.27. The maximum Gasteiger partial charge on any atom is 0.341 e. The highest BCUT2D eigenvalue weighted by molar-refractivity contribution is 6.36. The van der Waals surface area contributed by atoms with Crippen molar-refractivity contribution in [3.63, 3.8) is 0 Å². The zero-order valence-corrected chi connectivity index (χ0v) is 8.86. The van der Waals surface area contributed by atoms with Gasteiger partial charge in [-0.15, -0.1) is 0 Å². The van der Waals surface area contributed by atoms with Crippen LogP contribution in [0.25, 0.3) is 10.8 Å². The molecule has 3 nitrogen and oxygen atoms in total. The summed E-state index contributed by atoms with van der Waals surface area (Å²) in [5.41, 5.74) is 1.02. The first-order valence-electron chi connectivity index (χ1n) is 4.78. The maximum absolute atomic E-state index is 11.6. The van der Waals surface area contributed by atoms with Crippen LogP contribution in [0.3, 0.4) is 0 Å². The van der Waals surface area contributed by atoms with Crippen LogP contribution in [-0.4, -0.2) is 11.1 Å². The summed E-state index contributed by atoms with van der Waals surface area (Å²) in [5.74, 6) is -0.520. The molecule has 0 amide bonds. The number of carbonyl (C=O) groups excluding carboxylic acids is 1. The molecule has 4 heteroatoms. The molecule has 0 fully saturated rings. The van der Waals surface area contributed by atoms with E-state index >= 15 is 0 Å². The average Bonchev–Trinajstić information content (AvgIpc) is 2.27. The molecule has 0 saturated carbocycles. The second kappa shape index (κ2) is 3.20. The Balaban J connectivity index is 2.52. The molecule has 3 rings (SSSR count). The minimum absolute atomic E-state index is 0.445. The van der Waals surface area contributed by atoms with Crippen molar-refractivity contribution in [1.29, 1.82) is 0 Å². The molecule has 2 aromatic carbocycles. The summed E-state index contributed by atoms with van der Waals surface area (Å²) in [7, 11) is 0. The highest BCUT2D eigenvalue weighted by Crippen LogP contribution is 2.36. The number of hydrogen-bond donors (Lipinski definition) is 1. The van der Waals surface area contributed by atoms with E-state index in [4.69, 9.17) is 16.3 Å². The summed E-state index contributed by atoms with van der Waals surface area (Å²) in [6.45, 7) is 0. The Morgan fingerprint density at radius 2 is 2.06 bits per heavy atom. The normalized spacial score (nSPS) is 18.6.